The molecule has 1 fully saturated rings. The molecular weight excluding hydrogens is 232 g/mol. The summed E-state index contributed by atoms with van der Waals surface area (Å²) in [5.41, 5.74) is 10.3. The fraction of sp³-hybridized carbons (Fsp3) is 0.647. The van der Waals surface area contributed by atoms with Crippen molar-refractivity contribution in [3.05, 3.63) is 34.9 Å². The molecule has 2 atom stereocenters. The summed E-state index contributed by atoms with van der Waals surface area (Å²) in [5.74, 6) is 0.600. The summed E-state index contributed by atoms with van der Waals surface area (Å²) < 4.78 is 0. The van der Waals surface area contributed by atoms with Crippen LogP contribution in [0.4, 0.5) is 0 Å². The number of aryl methyl sites for hydroxylation is 2. The minimum atomic E-state index is 0.511. The molecule has 0 spiro atoms. The maximum atomic E-state index is 6.08. The van der Waals surface area contributed by atoms with E-state index in [9.17, 15) is 0 Å². The fourth-order valence-corrected chi connectivity index (χ4v) is 3.45. The van der Waals surface area contributed by atoms with Gasteiger partial charge in [0, 0.05) is 6.04 Å². The Labute approximate surface area is 118 Å². The van der Waals surface area contributed by atoms with Crippen LogP contribution in [0.5, 0.6) is 0 Å². The molecular formula is C17H28N2. The van der Waals surface area contributed by atoms with E-state index in [0.29, 0.717) is 12.0 Å². The summed E-state index contributed by atoms with van der Waals surface area (Å²) in [5, 5.41) is 0. The summed E-state index contributed by atoms with van der Waals surface area (Å²) in [6.45, 7) is 9.83. The van der Waals surface area contributed by atoms with Gasteiger partial charge >= 0.3 is 0 Å². The van der Waals surface area contributed by atoms with E-state index in [4.69, 9.17) is 5.73 Å². The third-order valence-electron chi connectivity index (χ3n) is 4.57. The maximum Gasteiger partial charge on any atom is 0.0390 e. The van der Waals surface area contributed by atoms with Crippen molar-refractivity contribution in [3.8, 4) is 0 Å². The average Bonchev–Trinajstić information content (AvgIpc) is 2.63. The molecule has 19 heavy (non-hydrogen) atoms. The van der Waals surface area contributed by atoms with Crippen molar-refractivity contribution in [1.82, 2.24) is 4.90 Å². The first-order valence-electron chi connectivity index (χ1n) is 7.68. The maximum absolute atomic E-state index is 6.08. The second-order valence-corrected chi connectivity index (χ2v) is 5.93. The minimum Gasteiger partial charge on any atom is -0.330 e. The van der Waals surface area contributed by atoms with E-state index in [1.807, 2.05) is 0 Å². The molecule has 106 valence electrons. The lowest BCUT2D eigenvalue weighted by molar-refractivity contribution is 0.166. The standard InChI is InChI=1S/C17H28N2/c1-4-19-10-6-5-7-15(12-18)17(19)16-11-13(2)8-9-14(16)3/h8-9,11,15,17H,4-7,10,12,18H2,1-3H3. The highest BCUT2D eigenvalue weighted by molar-refractivity contribution is 5.33. The van der Waals surface area contributed by atoms with Gasteiger partial charge in [-0.25, -0.2) is 0 Å². The van der Waals surface area contributed by atoms with E-state index in [-0.39, 0.29) is 0 Å². The van der Waals surface area contributed by atoms with E-state index >= 15 is 0 Å². The van der Waals surface area contributed by atoms with Crippen LogP contribution in [0, 0.1) is 19.8 Å². The monoisotopic (exact) mass is 260 g/mol. The Kier molecular flexibility index (Phi) is 5.00. The van der Waals surface area contributed by atoms with Gasteiger partial charge in [-0.2, -0.15) is 0 Å². The minimum absolute atomic E-state index is 0.511. The van der Waals surface area contributed by atoms with Gasteiger partial charge in [-0.1, -0.05) is 37.1 Å². The Morgan fingerprint density at radius 3 is 2.74 bits per heavy atom. The molecule has 1 aliphatic heterocycles. The lowest BCUT2D eigenvalue weighted by Crippen LogP contribution is -2.36. The number of nitrogens with zero attached hydrogens (tertiary/aromatic N) is 1. The molecule has 0 amide bonds. The van der Waals surface area contributed by atoms with Crippen LogP contribution in [-0.2, 0) is 0 Å². The predicted octanol–water partition coefficient (Wildman–Crippen LogP) is 3.43. The summed E-state index contributed by atoms with van der Waals surface area (Å²) in [7, 11) is 0. The molecule has 0 radical (unpaired) electrons. The number of benzene rings is 1. The molecule has 1 saturated heterocycles. The van der Waals surface area contributed by atoms with E-state index in [1.165, 1.54) is 42.5 Å². The third-order valence-corrected chi connectivity index (χ3v) is 4.57. The highest BCUT2D eigenvalue weighted by atomic mass is 15.2. The van der Waals surface area contributed by atoms with Crippen LogP contribution in [0.3, 0.4) is 0 Å². The molecule has 0 saturated carbocycles. The van der Waals surface area contributed by atoms with Crippen molar-refractivity contribution in [2.75, 3.05) is 19.6 Å². The van der Waals surface area contributed by atoms with Crippen LogP contribution in [0.15, 0.2) is 18.2 Å². The van der Waals surface area contributed by atoms with Gasteiger partial charge in [0.1, 0.15) is 0 Å². The molecule has 2 nitrogen and oxygen atoms in total. The molecule has 2 N–H and O–H groups in total. The van der Waals surface area contributed by atoms with E-state index in [1.54, 1.807) is 0 Å². The second kappa shape index (κ2) is 6.53. The first-order chi connectivity index (χ1) is 9.17. The van der Waals surface area contributed by atoms with Gasteiger partial charge in [-0.05, 0) is 63.4 Å². The average molecular weight is 260 g/mol. The zero-order valence-corrected chi connectivity index (χ0v) is 12.7. The van der Waals surface area contributed by atoms with Gasteiger partial charge in [0.2, 0.25) is 0 Å². The summed E-state index contributed by atoms with van der Waals surface area (Å²) >= 11 is 0. The zero-order chi connectivity index (χ0) is 13.8. The Bertz CT molecular complexity index is 400. The fourth-order valence-electron chi connectivity index (χ4n) is 3.45. The number of hydrogen-bond donors (Lipinski definition) is 1. The molecule has 1 aliphatic rings. The third kappa shape index (κ3) is 3.18. The summed E-state index contributed by atoms with van der Waals surface area (Å²) in [6.07, 6.45) is 3.90. The predicted molar refractivity (Wildman–Crippen MR) is 82.3 cm³/mol. The second-order valence-electron chi connectivity index (χ2n) is 5.93. The highest BCUT2D eigenvalue weighted by Gasteiger charge is 2.30. The molecule has 1 heterocycles. The Hall–Kier alpha value is -0.860. The van der Waals surface area contributed by atoms with Gasteiger partial charge in [-0.3, -0.25) is 4.90 Å². The lowest BCUT2D eigenvalue weighted by Gasteiger charge is -2.35. The summed E-state index contributed by atoms with van der Waals surface area (Å²) in [4.78, 5) is 2.63. The van der Waals surface area contributed by atoms with Crippen molar-refractivity contribution in [1.29, 1.82) is 0 Å². The normalized spacial score (nSPS) is 25.3. The number of hydrogen-bond acceptors (Lipinski definition) is 2. The Morgan fingerprint density at radius 1 is 1.26 bits per heavy atom. The van der Waals surface area contributed by atoms with Crippen molar-refractivity contribution < 1.29 is 0 Å². The molecule has 2 unspecified atom stereocenters. The number of nitrogens with two attached hydrogens (primary N) is 1. The largest absolute Gasteiger partial charge is 0.330 e. The van der Waals surface area contributed by atoms with Gasteiger partial charge in [0.05, 0.1) is 0 Å². The van der Waals surface area contributed by atoms with Crippen molar-refractivity contribution in [3.63, 3.8) is 0 Å². The molecule has 1 aromatic rings. The van der Waals surface area contributed by atoms with Crippen LogP contribution in [0.1, 0.15) is 48.9 Å². The Morgan fingerprint density at radius 2 is 2.05 bits per heavy atom. The summed E-state index contributed by atoms with van der Waals surface area (Å²) in [6, 6.07) is 7.36. The Balaban J connectivity index is 2.41. The van der Waals surface area contributed by atoms with E-state index < -0.39 is 0 Å². The van der Waals surface area contributed by atoms with Gasteiger partial charge < -0.3 is 5.73 Å². The molecule has 0 aromatic heterocycles. The first kappa shape index (κ1) is 14.5. The van der Waals surface area contributed by atoms with Crippen LogP contribution in [0.25, 0.3) is 0 Å². The van der Waals surface area contributed by atoms with Crippen molar-refractivity contribution in [2.45, 2.75) is 46.1 Å². The van der Waals surface area contributed by atoms with Crippen LogP contribution in [-0.4, -0.2) is 24.5 Å². The number of likely N-dealkylation sites (tertiary alicyclic amines) is 1. The van der Waals surface area contributed by atoms with Crippen LogP contribution in [0.2, 0.25) is 0 Å². The molecule has 2 rings (SSSR count). The smallest absolute Gasteiger partial charge is 0.0390 e. The van der Waals surface area contributed by atoms with Crippen molar-refractivity contribution in [2.24, 2.45) is 11.7 Å². The van der Waals surface area contributed by atoms with Crippen LogP contribution >= 0.6 is 0 Å². The molecule has 0 aliphatic carbocycles. The molecule has 2 heteroatoms. The lowest BCUT2D eigenvalue weighted by atomic mass is 9.86. The molecule has 0 bridgehead atoms. The number of rotatable bonds is 3. The topological polar surface area (TPSA) is 29.3 Å². The van der Waals surface area contributed by atoms with Gasteiger partial charge in [0.25, 0.3) is 0 Å². The van der Waals surface area contributed by atoms with Crippen LogP contribution < -0.4 is 5.73 Å². The van der Waals surface area contributed by atoms with Gasteiger partial charge in [-0.15, -0.1) is 0 Å². The molecule has 1 aromatic carbocycles. The SMILES string of the molecule is CCN1CCCCC(CN)C1c1cc(C)ccc1C. The first-order valence-corrected chi connectivity index (χ1v) is 7.68. The zero-order valence-electron chi connectivity index (χ0n) is 12.7. The van der Waals surface area contributed by atoms with E-state index in [2.05, 4.69) is 43.9 Å². The quantitative estimate of drug-likeness (QED) is 0.902. The van der Waals surface area contributed by atoms with Crippen molar-refractivity contribution >= 4 is 0 Å². The van der Waals surface area contributed by atoms with Gasteiger partial charge in [0.15, 0.2) is 0 Å². The van der Waals surface area contributed by atoms with E-state index in [0.717, 1.165) is 13.1 Å². The highest BCUT2D eigenvalue weighted by Crippen LogP contribution is 2.36.